The first-order valence-electron chi connectivity index (χ1n) is 26.3. The standard InChI is InChI=1S/C52H99NO11/c1-3-5-7-9-11-13-15-16-17-18-19-20-21-22-23-24-25-26-27-29-31-33-35-37-39-44(56)51(62)53-42(41-63-52-50(61)49(60)48(59)45(40-54)64-52)46(57)47(58)43(55)38-36-34-32-30-28-14-12-10-8-6-4-2/h13,15,36,38,42-50,52,54-61H,3-12,14,16-35,37,39-41H2,1-2H3,(H,53,62)/b15-13-,38-36-/t42-,43+,44+,45+,46-,47+,48+,49-,50+,52+/m0/s1. The molecular formula is C52H99NO11. The summed E-state index contributed by atoms with van der Waals surface area (Å²) in [6.45, 7) is 3.23. The fraction of sp³-hybridized carbons (Fsp3) is 0.904. The molecule has 0 saturated carbocycles. The summed E-state index contributed by atoms with van der Waals surface area (Å²) >= 11 is 0. The molecule has 1 fully saturated rings. The zero-order valence-corrected chi connectivity index (χ0v) is 40.6. The van der Waals surface area contributed by atoms with Crippen LogP contribution in [-0.4, -0.2) is 121 Å². The summed E-state index contributed by atoms with van der Waals surface area (Å²) in [5.41, 5.74) is 0. The van der Waals surface area contributed by atoms with E-state index in [0.29, 0.717) is 12.8 Å². The maximum atomic E-state index is 13.1. The number of carbonyl (C=O) groups is 1. The minimum atomic E-state index is -1.77. The Labute approximate surface area is 389 Å². The lowest BCUT2D eigenvalue weighted by Gasteiger charge is -2.40. The molecular weight excluding hydrogens is 815 g/mol. The predicted molar refractivity (Wildman–Crippen MR) is 258 cm³/mol. The molecule has 0 unspecified atom stereocenters. The lowest BCUT2D eigenvalue weighted by molar-refractivity contribution is -0.303. The first-order valence-corrected chi connectivity index (χ1v) is 26.3. The number of unbranched alkanes of at least 4 members (excludes halogenated alkanes) is 29. The molecule has 0 aliphatic carbocycles. The van der Waals surface area contributed by atoms with Gasteiger partial charge in [-0.3, -0.25) is 4.79 Å². The maximum absolute atomic E-state index is 13.1. The summed E-state index contributed by atoms with van der Waals surface area (Å²) in [5, 5.41) is 86.3. The van der Waals surface area contributed by atoms with Gasteiger partial charge in [-0.05, 0) is 44.9 Å². The van der Waals surface area contributed by atoms with Gasteiger partial charge in [0.25, 0.3) is 0 Å². The van der Waals surface area contributed by atoms with Crippen LogP contribution in [0, 0.1) is 0 Å². The number of allylic oxidation sites excluding steroid dienone is 3. The smallest absolute Gasteiger partial charge is 0.249 e. The molecule has 0 aromatic heterocycles. The van der Waals surface area contributed by atoms with Gasteiger partial charge in [0, 0.05) is 0 Å². The van der Waals surface area contributed by atoms with Crippen molar-refractivity contribution in [1.82, 2.24) is 5.32 Å². The van der Waals surface area contributed by atoms with Crippen molar-refractivity contribution >= 4 is 5.91 Å². The van der Waals surface area contributed by atoms with E-state index in [9.17, 15) is 45.6 Å². The molecule has 1 aliphatic heterocycles. The zero-order chi connectivity index (χ0) is 47.0. The Hall–Kier alpha value is -1.45. The van der Waals surface area contributed by atoms with Crippen LogP contribution in [0.4, 0.5) is 0 Å². The minimum absolute atomic E-state index is 0.200. The van der Waals surface area contributed by atoms with Crippen molar-refractivity contribution in [3.63, 3.8) is 0 Å². The first kappa shape index (κ1) is 60.6. The van der Waals surface area contributed by atoms with E-state index in [4.69, 9.17) is 9.47 Å². The summed E-state index contributed by atoms with van der Waals surface area (Å²) in [6.07, 6.45) is 32.5. The van der Waals surface area contributed by atoms with Crippen molar-refractivity contribution < 1.29 is 55.1 Å². The highest BCUT2D eigenvalue weighted by molar-refractivity contribution is 5.80. The average Bonchev–Trinajstić information content (AvgIpc) is 3.29. The topological polar surface area (TPSA) is 209 Å². The number of rotatable bonds is 44. The largest absolute Gasteiger partial charge is 0.394 e. The Balaban J connectivity index is 2.37. The molecule has 12 heteroatoms. The van der Waals surface area contributed by atoms with E-state index >= 15 is 0 Å². The molecule has 0 bridgehead atoms. The highest BCUT2D eigenvalue weighted by atomic mass is 16.7. The van der Waals surface area contributed by atoms with Crippen molar-refractivity contribution in [1.29, 1.82) is 0 Å². The van der Waals surface area contributed by atoms with Crippen LogP contribution in [-0.2, 0) is 14.3 Å². The number of aliphatic hydroxyl groups excluding tert-OH is 8. The van der Waals surface area contributed by atoms with E-state index in [0.717, 1.165) is 38.5 Å². The van der Waals surface area contributed by atoms with Crippen LogP contribution in [0.3, 0.4) is 0 Å². The first-order chi connectivity index (χ1) is 31.1. The number of hydrogen-bond donors (Lipinski definition) is 9. The molecule has 378 valence electrons. The average molecular weight is 914 g/mol. The lowest BCUT2D eigenvalue weighted by atomic mass is 9.98. The van der Waals surface area contributed by atoms with Crippen molar-refractivity contribution in [3.8, 4) is 0 Å². The Bertz CT molecular complexity index is 1110. The minimum Gasteiger partial charge on any atom is -0.394 e. The molecule has 1 heterocycles. The number of ether oxygens (including phenoxy) is 2. The van der Waals surface area contributed by atoms with Gasteiger partial charge >= 0.3 is 0 Å². The predicted octanol–water partition coefficient (Wildman–Crippen LogP) is 8.76. The van der Waals surface area contributed by atoms with Gasteiger partial charge in [0.2, 0.25) is 5.91 Å². The highest BCUT2D eigenvalue weighted by Crippen LogP contribution is 2.23. The summed E-state index contributed by atoms with van der Waals surface area (Å²) in [4.78, 5) is 13.1. The summed E-state index contributed by atoms with van der Waals surface area (Å²) < 4.78 is 11.0. The normalized spacial score (nSPS) is 21.7. The van der Waals surface area contributed by atoms with Crippen LogP contribution in [0.1, 0.15) is 226 Å². The molecule has 0 radical (unpaired) electrons. The summed E-state index contributed by atoms with van der Waals surface area (Å²) in [7, 11) is 0. The van der Waals surface area contributed by atoms with Crippen molar-refractivity contribution in [2.75, 3.05) is 13.2 Å². The fourth-order valence-electron chi connectivity index (χ4n) is 8.40. The molecule has 64 heavy (non-hydrogen) atoms. The highest BCUT2D eigenvalue weighted by Gasteiger charge is 2.45. The van der Waals surface area contributed by atoms with Crippen LogP contribution in [0.15, 0.2) is 24.3 Å². The SMILES string of the molecule is CCCCCC/C=C\CCCCCCCCCCCCCCCCCC[C@@H](O)C(=O)N[C@@H](CO[C@@H]1O[C@H](CO)[C@@H](O)[C@H](O)[C@H]1O)[C@H](O)[C@H](O)[C@H](O)/C=C\CCCCCCCCCCC. The van der Waals surface area contributed by atoms with Gasteiger partial charge in [0.1, 0.15) is 48.8 Å². The van der Waals surface area contributed by atoms with E-state index in [1.54, 1.807) is 6.08 Å². The molecule has 12 nitrogen and oxygen atoms in total. The van der Waals surface area contributed by atoms with Crippen molar-refractivity contribution in [2.45, 2.75) is 287 Å². The van der Waals surface area contributed by atoms with E-state index in [1.807, 2.05) is 0 Å². The molecule has 1 amide bonds. The third kappa shape index (κ3) is 30.0. The quantitative estimate of drug-likeness (QED) is 0.0209. The monoisotopic (exact) mass is 914 g/mol. The van der Waals surface area contributed by atoms with Gasteiger partial charge in [0.05, 0.1) is 19.3 Å². The Morgan fingerprint density at radius 3 is 1.41 bits per heavy atom. The van der Waals surface area contributed by atoms with Gasteiger partial charge < -0.3 is 55.6 Å². The van der Waals surface area contributed by atoms with E-state index in [-0.39, 0.29) is 6.42 Å². The van der Waals surface area contributed by atoms with Crippen LogP contribution >= 0.6 is 0 Å². The van der Waals surface area contributed by atoms with E-state index < -0.39 is 80.3 Å². The van der Waals surface area contributed by atoms with Crippen molar-refractivity contribution in [3.05, 3.63) is 24.3 Å². The summed E-state index contributed by atoms with van der Waals surface area (Å²) in [5.74, 6) is -0.796. The van der Waals surface area contributed by atoms with Crippen molar-refractivity contribution in [2.24, 2.45) is 0 Å². The number of hydrogen-bond acceptors (Lipinski definition) is 11. The Kier molecular flexibility index (Phi) is 39.5. The van der Waals surface area contributed by atoms with Crippen LogP contribution in [0.25, 0.3) is 0 Å². The molecule has 0 spiro atoms. The van der Waals surface area contributed by atoms with Crippen LogP contribution < -0.4 is 5.32 Å². The molecule has 1 saturated heterocycles. The Morgan fingerprint density at radius 1 is 0.547 bits per heavy atom. The molecule has 0 aromatic rings. The number of carbonyl (C=O) groups excluding carboxylic acids is 1. The van der Waals surface area contributed by atoms with Crippen LogP contribution in [0.5, 0.6) is 0 Å². The van der Waals surface area contributed by atoms with Gasteiger partial charge in [-0.25, -0.2) is 0 Å². The molecule has 1 rings (SSSR count). The van der Waals surface area contributed by atoms with E-state index in [2.05, 4.69) is 31.3 Å². The fourth-order valence-corrected chi connectivity index (χ4v) is 8.40. The lowest BCUT2D eigenvalue weighted by Crippen LogP contribution is -2.60. The third-order valence-corrected chi connectivity index (χ3v) is 12.8. The summed E-state index contributed by atoms with van der Waals surface area (Å²) in [6, 6.07) is -1.37. The second-order valence-electron chi connectivity index (χ2n) is 18.7. The number of nitrogens with one attached hydrogen (secondary N) is 1. The van der Waals surface area contributed by atoms with Gasteiger partial charge in [-0.15, -0.1) is 0 Å². The molecule has 9 N–H and O–H groups in total. The maximum Gasteiger partial charge on any atom is 0.249 e. The molecule has 0 aromatic carbocycles. The van der Waals surface area contributed by atoms with E-state index in [1.165, 1.54) is 160 Å². The molecule has 1 aliphatic rings. The zero-order valence-electron chi connectivity index (χ0n) is 40.6. The van der Waals surface area contributed by atoms with Gasteiger partial charge in [-0.2, -0.15) is 0 Å². The van der Waals surface area contributed by atoms with Gasteiger partial charge in [0.15, 0.2) is 6.29 Å². The van der Waals surface area contributed by atoms with Gasteiger partial charge in [-0.1, -0.05) is 205 Å². The third-order valence-electron chi connectivity index (χ3n) is 12.8. The second kappa shape index (κ2) is 41.7. The Morgan fingerprint density at radius 2 is 0.953 bits per heavy atom. The number of aliphatic hydroxyl groups is 8. The van der Waals surface area contributed by atoms with Crippen LogP contribution in [0.2, 0.25) is 0 Å². The second-order valence-corrected chi connectivity index (χ2v) is 18.7. The molecule has 10 atom stereocenters. The number of amides is 1.